The maximum Gasteiger partial charge on any atom is 0.346 e. The van der Waals surface area contributed by atoms with Crippen LogP contribution in [0.1, 0.15) is 38.2 Å². The van der Waals surface area contributed by atoms with E-state index in [1.807, 2.05) is 20.8 Å². The standard InChI is InChI=1S/C13H15NO5S/c1-12(2,3)13(18-19-13)17-11-7-5-16-6-8(7)14-9(15)4-10(14)20-11/h5-6,10-11H,4H2,1-3H3/t10-,11?/m0/s1. The van der Waals surface area contributed by atoms with E-state index >= 15 is 0 Å². The van der Waals surface area contributed by atoms with E-state index in [4.69, 9.17) is 18.9 Å². The Morgan fingerprint density at radius 3 is 2.75 bits per heavy atom. The Balaban J connectivity index is 1.63. The van der Waals surface area contributed by atoms with Crippen LogP contribution in [0, 0.1) is 5.41 Å². The highest BCUT2D eigenvalue weighted by molar-refractivity contribution is 8.00. The van der Waals surface area contributed by atoms with Gasteiger partial charge in [-0.25, -0.2) is 0 Å². The lowest BCUT2D eigenvalue weighted by Crippen LogP contribution is -2.53. The highest BCUT2D eigenvalue weighted by Gasteiger charge is 2.63. The van der Waals surface area contributed by atoms with Crippen LogP contribution in [0.4, 0.5) is 5.69 Å². The third kappa shape index (κ3) is 1.60. The molecule has 2 atom stereocenters. The molecule has 6 nitrogen and oxygen atoms in total. The molecular weight excluding hydrogens is 282 g/mol. The molecule has 0 spiro atoms. The van der Waals surface area contributed by atoms with Crippen LogP contribution < -0.4 is 4.90 Å². The molecule has 2 saturated heterocycles. The predicted molar refractivity (Wildman–Crippen MR) is 70.4 cm³/mol. The molecule has 0 saturated carbocycles. The third-order valence-electron chi connectivity index (χ3n) is 3.79. The first kappa shape index (κ1) is 12.7. The molecule has 0 N–H and O–H groups in total. The van der Waals surface area contributed by atoms with Crippen LogP contribution in [0.5, 0.6) is 0 Å². The molecule has 20 heavy (non-hydrogen) atoms. The highest BCUT2D eigenvalue weighted by Crippen LogP contribution is 2.57. The second kappa shape index (κ2) is 3.79. The smallest absolute Gasteiger partial charge is 0.346 e. The maximum atomic E-state index is 11.7. The molecule has 0 aliphatic carbocycles. The topological polar surface area (TPSA) is 67.7 Å². The van der Waals surface area contributed by atoms with E-state index in [0.717, 1.165) is 11.3 Å². The molecule has 4 heterocycles. The van der Waals surface area contributed by atoms with Crippen LogP contribution in [0.25, 0.3) is 0 Å². The number of furan rings is 1. The summed E-state index contributed by atoms with van der Waals surface area (Å²) in [4.78, 5) is 23.6. The molecule has 1 unspecified atom stereocenters. The molecule has 3 aliphatic heterocycles. The fourth-order valence-electron chi connectivity index (χ4n) is 2.41. The molecule has 0 radical (unpaired) electrons. The summed E-state index contributed by atoms with van der Waals surface area (Å²) in [5, 5.41) is 0.105. The number of β-lactam (4-membered cyclic amide) rings is 1. The molecule has 3 aliphatic rings. The number of nitrogens with zero attached hydrogens (tertiary/aromatic N) is 1. The largest absolute Gasteiger partial charge is 0.470 e. The number of amides is 1. The van der Waals surface area contributed by atoms with Crippen LogP contribution >= 0.6 is 11.8 Å². The van der Waals surface area contributed by atoms with Crippen molar-refractivity contribution in [2.75, 3.05) is 4.90 Å². The van der Waals surface area contributed by atoms with Gasteiger partial charge in [-0.2, -0.15) is 9.78 Å². The van der Waals surface area contributed by atoms with Gasteiger partial charge in [0, 0.05) is 5.41 Å². The molecule has 2 fully saturated rings. The Bertz CT molecular complexity index is 574. The molecule has 7 heteroatoms. The summed E-state index contributed by atoms with van der Waals surface area (Å²) in [6, 6.07) is 0. The third-order valence-corrected chi connectivity index (χ3v) is 5.07. The molecule has 108 valence electrons. The monoisotopic (exact) mass is 297 g/mol. The Morgan fingerprint density at radius 2 is 2.15 bits per heavy atom. The SMILES string of the molecule is CC(C)(C)C1(OC2S[C@H]3CC(=O)N3c3cocc32)OO1. The van der Waals surface area contributed by atoms with Gasteiger partial charge in [0.05, 0.1) is 29.3 Å². The Kier molecular flexibility index (Phi) is 2.41. The van der Waals surface area contributed by atoms with Crippen molar-refractivity contribution in [3.63, 3.8) is 0 Å². The lowest BCUT2D eigenvalue weighted by molar-refractivity contribution is -0.139. The number of anilines is 1. The van der Waals surface area contributed by atoms with Crippen molar-refractivity contribution in [1.29, 1.82) is 0 Å². The van der Waals surface area contributed by atoms with Crippen molar-refractivity contribution in [2.24, 2.45) is 5.41 Å². The van der Waals surface area contributed by atoms with Gasteiger partial charge < -0.3 is 9.15 Å². The van der Waals surface area contributed by atoms with Crippen molar-refractivity contribution in [2.45, 2.75) is 44.0 Å². The van der Waals surface area contributed by atoms with Gasteiger partial charge in [-0.1, -0.05) is 32.5 Å². The first-order valence-electron chi connectivity index (χ1n) is 6.49. The number of hydrogen-bond donors (Lipinski definition) is 0. The fourth-order valence-corrected chi connectivity index (χ4v) is 3.79. The van der Waals surface area contributed by atoms with Crippen molar-refractivity contribution in [1.82, 2.24) is 0 Å². The van der Waals surface area contributed by atoms with Crippen LogP contribution in [-0.2, 0) is 19.3 Å². The van der Waals surface area contributed by atoms with E-state index < -0.39 is 5.97 Å². The normalized spacial score (nSPS) is 30.6. The molecule has 4 rings (SSSR count). The lowest BCUT2D eigenvalue weighted by Gasteiger charge is -2.45. The lowest BCUT2D eigenvalue weighted by atomic mass is 9.94. The zero-order chi connectivity index (χ0) is 14.1. The van der Waals surface area contributed by atoms with Gasteiger partial charge in [0.1, 0.15) is 11.7 Å². The van der Waals surface area contributed by atoms with Crippen LogP contribution in [-0.4, -0.2) is 17.3 Å². The summed E-state index contributed by atoms with van der Waals surface area (Å²) in [6.07, 6.45) is 3.74. The molecule has 1 aromatic heterocycles. The first-order chi connectivity index (χ1) is 9.41. The van der Waals surface area contributed by atoms with Gasteiger partial charge in [-0.3, -0.25) is 9.69 Å². The summed E-state index contributed by atoms with van der Waals surface area (Å²) >= 11 is 1.58. The summed E-state index contributed by atoms with van der Waals surface area (Å²) in [5.74, 6) is -0.900. The Morgan fingerprint density at radius 1 is 1.40 bits per heavy atom. The molecule has 0 bridgehead atoms. The number of ether oxygens (including phenoxy) is 1. The number of fused-ring (bicyclic) bond motifs is 3. The second-order valence-electron chi connectivity index (χ2n) is 6.19. The summed E-state index contributed by atoms with van der Waals surface area (Å²) < 4.78 is 11.3. The van der Waals surface area contributed by atoms with Crippen LogP contribution in [0.2, 0.25) is 0 Å². The van der Waals surface area contributed by atoms with Crippen LogP contribution in [0.15, 0.2) is 16.9 Å². The van der Waals surface area contributed by atoms with Gasteiger partial charge in [-0.15, -0.1) is 0 Å². The maximum absolute atomic E-state index is 11.7. The minimum Gasteiger partial charge on any atom is -0.470 e. The van der Waals surface area contributed by atoms with E-state index in [1.165, 1.54) is 0 Å². The molecule has 1 amide bonds. The fraction of sp³-hybridized carbons (Fsp3) is 0.615. The van der Waals surface area contributed by atoms with E-state index in [1.54, 1.807) is 29.2 Å². The van der Waals surface area contributed by atoms with E-state index in [9.17, 15) is 4.79 Å². The first-order valence-corrected chi connectivity index (χ1v) is 7.44. The highest BCUT2D eigenvalue weighted by atomic mass is 32.2. The van der Waals surface area contributed by atoms with E-state index in [-0.39, 0.29) is 22.1 Å². The van der Waals surface area contributed by atoms with Gasteiger partial charge in [-0.05, 0) is 0 Å². The number of thioether (sulfide) groups is 1. The average molecular weight is 297 g/mol. The average Bonchev–Trinajstić information content (AvgIpc) is 2.98. The molecule has 0 aromatic carbocycles. The second-order valence-corrected chi connectivity index (χ2v) is 7.44. The predicted octanol–water partition coefficient (Wildman–Crippen LogP) is 2.77. The van der Waals surface area contributed by atoms with Crippen molar-refractivity contribution in [3.8, 4) is 0 Å². The van der Waals surface area contributed by atoms with Gasteiger partial charge in [0.2, 0.25) is 5.91 Å². The Labute approximate surface area is 120 Å². The summed E-state index contributed by atoms with van der Waals surface area (Å²) in [7, 11) is 0. The van der Waals surface area contributed by atoms with Crippen LogP contribution in [0.3, 0.4) is 0 Å². The number of carbonyl (C=O) groups excluding carboxylic acids is 1. The van der Waals surface area contributed by atoms with Gasteiger partial charge in [0.25, 0.3) is 0 Å². The summed E-state index contributed by atoms with van der Waals surface area (Å²) in [6.45, 7) is 5.97. The number of hydrogen-bond acceptors (Lipinski definition) is 6. The zero-order valence-corrected chi connectivity index (χ0v) is 12.2. The van der Waals surface area contributed by atoms with E-state index in [2.05, 4.69) is 0 Å². The Hall–Kier alpha value is -1.02. The number of rotatable bonds is 2. The summed E-state index contributed by atoms with van der Waals surface area (Å²) in [5.41, 5.74) is 1.07. The van der Waals surface area contributed by atoms with Gasteiger partial charge in [0.15, 0.2) is 0 Å². The quantitative estimate of drug-likeness (QED) is 0.475. The van der Waals surface area contributed by atoms with Crippen molar-refractivity contribution < 1.29 is 23.7 Å². The number of carbonyl (C=O) groups is 1. The van der Waals surface area contributed by atoms with Gasteiger partial charge >= 0.3 is 5.97 Å². The minimum atomic E-state index is -1.02. The van der Waals surface area contributed by atoms with Crippen molar-refractivity contribution in [3.05, 3.63) is 18.1 Å². The van der Waals surface area contributed by atoms with Crippen molar-refractivity contribution >= 4 is 23.4 Å². The zero-order valence-electron chi connectivity index (χ0n) is 11.4. The molecular formula is C13H15NO5S. The molecule has 1 aromatic rings. The minimum absolute atomic E-state index is 0.105. The van der Waals surface area contributed by atoms with E-state index in [0.29, 0.717) is 6.42 Å².